The number of benzene rings is 1. The van der Waals surface area contributed by atoms with Crippen molar-refractivity contribution in [1.29, 1.82) is 15.8 Å². The van der Waals surface area contributed by atoms with E-state index in [0.29, 0.717) is 48.8 Å². The number of nitrogens with zero attached hydrogens (tertiary/aromatic N) is 5. The normalized spacial score (nSPS) is 19.9. The maximum absolute atomic E-state index is 14.9. The van der Waals surface area contributed by atoms with E-state index in [9.17, 15) is 25.0 Å². The first-order chi connectivity index (χ1) is 14.8. The third kappa shape index (κ3) is 4.52. The van der Waals surface area contributed by atoms with E-state index in [1.807, 2.05) is 12.1 Å². The van der Waals surface area contributed by atoms with E-state index >= 15 is 0 Å². The monoisotopic (exact) mass is 440 g/mol. The van der Waals surface area contributed by atoms with Crippen LogP contribution >= 0.6 is 12.2 Å². The van der Waals surface area contributed by atoms with Gasteiger partial charge in [-0.1, -0.05) is 12.2 Å². The van der Waals surface area contributed by atoms with Crippen molar-refractivity contribution in [2.75, 3.05) is 36.0 Å². The Morgan fingerprint density at radius 1 is 1.35 bits per heavy atom. The highest BCUT2D eigenvalue weighted by Gasteiger charge is 2.43. The van der Waals surface area contributed by atoms with Gasteiger partial charge in [0.15, 0.2) is 5.92 Å². The Balaban J connectivity index is 1.69. The molecule has 0 saturated carbocycles. The summed E-state index contributed by atoms with van der Waals surface area (Å²) in [6, 6.07) is 10.5. The molecule has 2 fully saturated rings. The first-order valence-electron chi connectivity index (χ1n) is 9.81. The van der Waals surface area contributed by atoms with E-state index in [2.05, 4.69) is 11.4 Å². The van der Waals surface area contributed by atoms with Crippen LogP contribution in [0.3, 0.4) is 0 Å². The van der Waals surface area contributed by atoms with Gasteiger partial charge < -0.3 is 15.0 Å². The molecule has 10 heteroatoms. The fourth-order valence-corrected chi connectivity index (χ4v) is 3.99. The molecule has 0 aliphatic carbocycles. The number of nitrogens with one attached hydrogen (secondary N) is 1. The van der Waals surface area contributed by atoms with Crippen LogP contribution in [-0.2, 0) is 4.74 Å². The predicted octanol–water partition coefficient (Wildman–Crippen LogP) is 2.86. The molecule has 2 aliphatic rings. The maximum atomic E-state index is 14.9. The minimum atomic E-state index is -1.04. The molecule has 2 heterocycles. The second kappa shape index (κ2) is 9.16. The summed E-state index contributed by atoms with van der Waals surface area (Å²) < 4.78 is 20.2. The van der Waals surface area contributed by atoms with Crippen molar-refractivity contribution in [2.45, 2.75) is 25.9 Å². The largest absolute Gasteiger partial charge is 0.442 e. The lowest BCUT2D eigenvalue weighted by molar-refractivity contribution is 0.143. The van der Waals surface area contributed by atoms with E-state index < -0.39 is 23.2 Å². The van der Waals surface area contributed by atoms with E-state index in [4.69, 9.17) is 17.0 Å². The lowest BCUT2D eigenvalue weighted by Gasteiger charge is -2.39. The van der Waals surface area contributed by atoms with Gasteiger partial charge >= 0.3 is 6.09 Å². The van der Waals surface area contributed by atoms with Crippen LogP contribution in [0.2, 0.25) is 0 Å². The van der Waals surface area contributed by atoms with Crippen molar-refractivity contribution in [1.82, 2.24) is 5.32 Å². The van der Waals surface area contributed by atoms with Crippen molar-refractivity contribution in [2.24, 2.45) is 11.3 Å². The SMILES string of the molecule is CC(=S)NCC1CN(c2ccc(N3CCC(C#N)(C(C#N)C#N)CC3)c(F)c2)C(=O)O1. The molecule has 0 bridgehead atoms. The Kier molecular flexibility index (Phi) is 6.58. The lowest BCUT2D eigenvalue weighted by Crippen LogP contribution is -2.43. The van der Waals surface area contributed by atoms with Crippen LogP contribution in [0, 0.1) is 51.1 Å². The summed E-state index contributed by atoms with van der Waals surface area (Å²) >= 11 is 4.96. The number of hydrogen-bond acceptors (Lipinski definition) is 7. The van der Waals surface area contributed by atoms with Gasteiger partial charge in [0.05, 0.1) is 53.1 Å². The average molecular weight is 441 g/mol. The second-order valence-electron chi connectivity index (χ2n) is 7.64. The molecule has 0 radical (unpaired) electrons. The van der Waals surface area contributed by atoms with Gasteiger partial charge in [-0.15, -0.1) is 0 Å². The summed E-state index contributed by atoms with van der Waals surface area (Å²) in [6.45, 7) is 3.10. The number of cyclic esters (lactones) is 1. The highest BCUT2D eigenvalue weighted by atomic mass is 32.1. The molecule has 31 heavy (non-hydrogen) atoms. The molecule has 1 amide bonds. The molecule has 1 atom stereocenters. The Morgan fingerprint density at radius 3 is 2.58 bits per heavy atom. The van der Waals surface area contributed by atoms with Gasteiger partial charge in [0, 0.05) is 13.1 Å². The summed E-state index contributed by atoms with van der Waals surface area (Å²) in [5.41, 5.74) is -0.298. The van der Waals surface area contributed by atoms with Crippen molar-refractivity contribution < 1.29 is 13.9 Å². The van der Waals surface area contributed by atoms with E-state index in [0.717, 1.165) is 0 Å². The molecule has 160 valence electrons. The van der Waals surface area contributed by atoms with Gasteiger partial charge in [-0.25, -0.2) is 9.18 Å². The third-order valence-electron chi connectivity index (χ3n) is 5.73. The van der Waals surface area contributed by atoms with E-state index in [1.165, 1.54) is 11.0 Å². The van der Waals surface area contributed by atoms with Crippen LogP contribution in [0.25, 0.3) is 0 Å². The topological polar surface area (TPSA) is 116 Å². The highest BCUT2D eigenvalue weighted by Crippen LogP contribution is 2.40. The third-order valence-corrected chi connectivity index (χ3v) is 5.87. The van der Waals surface area contributed by atoms with Gasteiger partial charge in [0.2, 0.25) is 0 Å². The zero-order valence-corrected chi connectivity index (χ0v) is 17.8. The molecule has 2 aliphatic heterocycles. The number of rotatable bonds is 5. The minimum absolute atomic E-state index is 0.283. The quantitative estimate of drug-likeness (QED) is 0.695. The number of carbonyl (C=O) groups is 1. The van der Waals surface area contributed by atoms with Gasteiger partial charge in [-0.2, -0.15) is 15.8 Å². The zero-order valence-electron chi connectivity index (χ0n) is 17.0. The average Bonchev–Trinajstić information content (AvgIpc) is 3.14. The van der Waals surface area contributed by atoms with Gasteiger partial charge in [0.1, 0.15) is 11.9 Å². The number of nitriles is 3. The standard InChI is InChI=1S/C21H21FN6O2S/c1-14(31)26-11-17-12-28(20(29)30-17)16-2-3-19(18(22)8-16)27-6-4-21(13-25,5-7-27)15(9-23)10-24/h2-3,8,15,17H,4-7,11-12H2,1H3,(H,26,31). The molecule has 8 nitrogen and oxygen atoms in total. The Bertz CT molecular complexity index is 989. The summed E-state index contributed by atoms with van der Waals surface area (Å²) in [5, 5.41) is 30.9. The summed E-state index contributed by atoms with van der Waals surface area (Å²) in [6.07, 6.45) is -0.342. The highest BCUT2D eigenvalue weighted by molar-refractivity contribution is 7.80. The Morgan fingerprint density at radius 2 is 2.03 bits per heavy atom. The molecule has 2 saturated heterocycles. The van der Waals surface area contributed by atoms with Crippen LogP contribution in [0.1, 0.15) is 19.8 Å². The molecule has 1 unspecified atom stereocenters. The van der Waals surface area contributed by atoms with Gasteiger partial charge in [0.25, 0.3) is 0 Å². The molecule has 1 aromatic rings. The van der Waals surface area contributed by atoms with Crippen LogP contribution in [0.15, 0.2) is 18.2 Å². The molecule has 0 spiro atoms. The maximum Gasteiger partial charge on any atom is 0.414 e. The Labute approximate surface area is 185 Å². The molecular weight excluding hydrogens is 419 g/mol. The van der Waals surface area contributed by atoms with Crippen LogP contribution in [0.4, 0.5) is 20.6 Å². The zero-order chi connectivity index (χ0) is 22.6. The van der Waals surface area contributed by atoms with Gasteiger partial charge in [-0.3, -0.25) is 4.90 Å². The fourth-order valence-electron chi connectivity index (χ4n) is 3.90. The number of thiocarbonyl (C=S) groups is 1. The van der Waals surface area contributed by atoms with Crippen molar-refractivity contribution in [3.8, 4) is 18.2 Å². The number of piperidine rings is 1. The fraction of sp³-hybridized carbons (Fsp3) is 0.476. The number of hydrogen-bond donors (Lipinski definition) is 1. The summed E-state index contributed by atoms with van der Waals surface area (Å²) in [5.74, 6) is -1.51. The predicted molar refractivity (Wildman–Crippen MR) is 114 cm³/mol. The van der Waals surface area contributed by atoms with Crippen molar-refractivity contribution >= 4 is 34.7 Å². The van der Waals surface area contributed by atoms with Crippen molar-refractivity contribution in [3.63, 3.8) is 0 Å². The molecule has 3 rings (SSSR count). The van der Waals surface area contributed by atoms with Crippen LogP contribution in [-0.4, -0.2) is 43.4 Å². The molecule has 1 N–H and O–H groups in total. The van der Waals surface area contributed by atoms with E-state index in [-0.39, 0.29) is 12.6 Å². The summed E-state index contributed by atoms with van der Waals surface area (Å²) in [7, 11) is 0. The smallest absolute Gasteiger partial charge is 0.414 e. The second-order valence-corrected chi connectivity index (χ2v) is 8.25. The van der Waals surface area contributed by atoms with E-state index in [1.54, 1.807) is 24.0 Å². The molecule has 1 aromatic carbocycles. The van der Waals surface area contributed by atoms with Crippen LogP contribution in [0.5, 0.6) is 0 Å². The first-order valence-corrected chi connectivity index (χ1v) is 10.2. The number of amides is 1. The van der Waals surface area contributed by atoms with Crippen LogP contribution < -0.4 is 15.1 Å². The minimum Gasteiger partial charge on any atom is -0.442 e. The number of ether oxygens (including phenoxy) is 1. The molecule has 0 aromatic heterocycles. The lowest BCUT2D eigenvalue weighted by atomic mass is 9.71. The van der Waals surface area contributed by atoms with Crippen molar-refractivity contribution in [3.05, 3.63) is 24.0 Å². The number of halogens is 1. The molecular formula is C21H21FN6O2S. The van der Waals surface area contributed by atoms with Gasteiger partial charge in [-0.05, 0) is 38.0 Å². The first kappa shape index (κ1) is 22.3. The number of carbonyl (C=O) groups excluding carboxylic acids is 1. The summed E-state index contributed by atoms with van der Waals surface area (Å²) in [4.78, 5) is 15.9. The number of anilines is 2. The Hall–Kier alpha value is -3.42.